The highest BCUT2D eigenvalue weighted by atomic mass is 16.6. The van der Waals surface area contributed by atoms with E-state index in [-0.39, 0.29) is 10.6 Å². The number of non-ortho nitro benzene ring substituents is 1. The number of nitro groups is 1. The molecule has 2 atom stereocenters. The molecule has 2 saturated heterocycles. The lowest BCUT2D eigenvalue weighted by Crippen LogP contribution is -2.46. The van der Waals surface area contributed by atoms with E-state index in [1.165, 1.54) is 25.7 Å². The summed E-state index contributed by atoms with van der Waals surface area (Å²) in [5.41, 5.74) is 1.20. The average Bonchev–Trinajstić information content (AvgIpc) is 2.77. The third kappa shape index (κ3) is 2.83. The van der Waals surface area contributed by atoms with E-state index in [0.29, 0.717) is 18.1 Å². The van der Waals surface area contributed by atoms with E-state index in [1.54, 1.807) is 18.2 Å². The van der Waals surface area contributed by atoms with Crippen LogP contribution in [0.3, 0.4) is 0 Å². The number of nitrogens with one attached hydrogen (secondary N) is 1. The van der Waals surface area contributed by atoms with Crippen molar-refractivity contribution in [2.75, 3.05) is 7.05 Å². The lowest BCUT2D eigenvalue weighted by atomic mass is 9.98. The van der Waals surface area contributed by atoms with Crippen LogP contribution < -0.4 is 5.32 Å². The fourth-order valence-corrected chi connectivity index (χ4v) is 3.57. The van der Waals surface area contributed by atoms with Crippen LogP contribution in [0.4, 0.5) is 5.69 Å². The lowest BCUT2D eigenvalue weighted by molar-refractivity contribution is -0.384. The van der Waals surface area contributed by atoms with Gasteiger partial charge in [0.05, 0.1) is 4.92 Å². The fraction of sp³-hybridized carbons (Fsp3) is 0.600. The summed E-state index contributed by atoms with van der Waals surface area (Å²) in [6.07, 6.45) is 4.99. The van der Waals surface area contributed by atoms with Crippen molar-refractivity contribution in [1.29, 1.82) is 0 Å². The Hall–Kier alpha value is -1.46. The molecule has 3 rings (SSSR count). The SMILES string of the molecule is CN(Cc1cccc([N+](=O)[O-])c1)C1CC2CCC(C1)N2. The molecule has 108 valence electrons. The molecule has 20 heavy (non-hydrogen) atoms. The molecule has 2 aliphatic heterocycles. The molecule has 2 unspecified atom stereocenters. The lowest BCUT2D eigenvalue weighted by Gasteiger charge is -2.35. The van der Waals surface area contributed by atoms with E-state index in [1.807, 2.05) is 6.07 Å². The number of rotatable bonds is 4. The zero-order valence-corrected chi connectivity index (χ0v) is 11.8. The van der Waals surface area contributed by atoms with E-state index in [2.05, 4.69) is 17.3 Å². The molecule has 0 saturated carbocycles. The van der Waals surface area contributed by atoms with Gasteiger partial charge in [-0.25, -0.2) is 0 Å². The minimum atomic E-state index is -0.325. The van der Waals surface area contributed by atoms with Gasteiger partial charge in [-0.3, -0.25) is 15.0 Å². The Morgan fingerprint density at radius 1 is 1.35 bits per heavy atom. The van der Waals surface area contributed by atoms with E-state index in [4.69, 9.17) is 0 Å². The van der Waals surface area contributed by atoms with Crippen LogP contribution in [0.5, 0.6) is 0 Å². The minimum Gasteiger partial charge on any atom is -0.311 e. The maximum Gasteiger partial charge on any atom is 0.269 e. The Labute approximate surface area is 119 Å². The molecule has 2 aliphatic rings. The largest absolute Gasteiger partial charge is 0.311 e. The summed E-state index contributed by atoms with van der Waals surface area (Å²) >= 11 is 0. The van der Waals surface area contributed by atoms with Gasteiger partial charge in [0.1, 0.15) is 0 Å². The van der Waals surface area contributed by atoms with Crippen LogP contribution in [0.25, 0.3) is 0 Å². The monoisotopic (exact) mass is 275 g/mol. The van der Waals surface area contributed by atoms with Crippen LogP contribution in [0.15, 0.2) is 24.3 Å². The predicted molar refractivity (Wildman–Crippen MR) is 77.5 cm³/mol. The topological polar surface area (TPSA) is 58.4 Å². The molecule has 2 bridgehead atoms. The quantitative estimate of drug-likeness (QED) is 0.676. The van der Waals surface area contributed by atoms with Gasteiger partial charge in [-0.2, -0.15) is 0 Å². The van der Waals surface area contributed by atoms with Gasteiger partial charge >= 0.3 is 0 Å². The molecule has 1 N–H and O–H groups in total. The highest BCUT2D eigenvalue weighted by Gasteiger charge is 2.34. The van der Waals surface area contributed by atoms with Crippen LogP contribution in [0.2, 0.25) is 0 Å². The molecule has 2 fully saturated rings. The summed E-state index contributed by atoms with van der Waals surface area (Å²) < 4.78 is 0. The highest BCUT2D eigenvalue weighted by molar-refractivity contribution is 5.34. The molecule has 5 nitrogen and oxygen atoms in total. The molecule has 0 aromatic heterocycles. The van der Waals surface area contributed by atoms with Gasteiger partial charge in [0, 0.05) is 36.8 Å². The average molecular weight is 275 g/mol. The second kappa shape index (κ2) is 5.50. The number of nitro benzene ring substituents is 1. The Balaban J connectivity index is 1.65. The fourth-order valence-electron chi connectivity index (χ4n) is 3.57. The molecule has 5 heteroatoms. The molecule has 2 heterocycles. The van der Waals surface area contributed by atoms with Crippen molar-refractivity contribution in [2.24, 2.45) is 0 Å². The molecule has 1 aromatic rings. The molecular weight excluding hydrogens is 254 g/mol. The smallest absolute Gasteiger partial charge is 0.269 e. The number of fused-ring (bicyclic) bond motifs is 2. The summed E-state index contributed by atoms with van der Waals surface area (Å²) in [6, 6.07) is 8.91. The summed E-state index contributed by atoms with van der Waals surface area (Å²) in [7, 11) is 2.13. The standard InChI is InChI=1S/C15H21N3O2/c1-17(15-8-12-5-6-13(9-15)16-12)10-11-3-2-4-14(7-11)18(19)20/h2-4,7,12-13,15-16H,5-6,8-10H2,1H3. The number of hydrogen-bond acceptors (Lipinski definition) is 4. The maximum atomic E-state index is 10.8. The summed E-state index contributed by atoms with van der Waals surface area (Å²) in [4.78, 5) is 12.8. The minimum absolute atomic E-state index is 0.182. The van der Waals surface area contributed by atoms with Gasteiger partial charge in [-0.05, 0) is 38.3 Å². The molecule has 0 aliphatic carbocycles. The van der Waals surface area contributed by atoms with Crippen molar-refractivity contribution in [3.05, 3.63) is 39.9 Å². The Bertz CT molecular complexity index is 494. The highest BCUT2D eigenvalue weighted by Crippen LogP contribution is 2.30. The molecule has 0 spiro atoms. The number of hydrogen-bond donors (Lipinski definition) is 1. The van der Waals surface area contributed by atoms with Crippen LogP contribution in [-0.4, -0.2) is 35.0 Å². The Kier molecular flexibility index (Phi) is 3.72. The third-order valence-electron chi connectivity index (χ3n) is 4.62. The molecular formula is C15H21N3O2. The van der Waals surface area contributed by atoms with E-state index in [9.17, 15) is 10.1 Å². The van der Waals surface area contributed by atoms with E-state index in [0.717, 1.165) is 12.1 Å². The third-order valence-corrected chi connectivity index (χ3v) is 4.62. The van der Waals surface area contributed by atoms with Crippen LogP contribution in [0, 0.1) is 10.1 Å². The van der Waals surface area contributed by atoms with Gasteiger partial charge in [0.15, 0.2) is 0 Å². The summed E-state index contributed by atoms with van der Waals surface area (Å²) in [5.74, 6) is 0. The first-order chi connectivity index (χ1) is 9.61. The van der Waals surface area contributed by atoms with Gasteiger partial charge in [0.25, 0.3) is 5.69 Å². The predicted octanol–water partition coefficient (Wildman–Crippen LogP) is 2.31. The number of benzene rings is 1. The van der Waals surface area contributed by atoms with Crippen molar-refractivity contribution in [1.82, 2.24) is 10.2 Å². The van der Waals surface area contributed by atoms with Crippen molar-refractivity contribution >= 4 is 5.69 Å². The van der Waals surface area contributed by atoms with Gasteiger partial charge in [-0.1, -0.05) is 12.1 Å². The van der Waals surface area contributed by atoms with Crippen LogP contribution >= 0.6 is 0 Å². The van der Waals surface area contributed by atoms with Crippen molar-refractivity contribution in [3.8, 4) is 0 Å². The van der Waals surface area contributed by atoms with Crippen LogP contribution in [0.1, 0.15) is 31.2 Å². The first kappa shape index (κ1) is 13.5. The van der Waals surface area contributed by atoms with Gasteiger partial charge in [-0.15, -0.1) is 0 Å². The first-order valence-electron chi connectivity index (χ1n) is 7.31. The second-order valence-electron chi connectivity index (χ2n) is 6.11. The second-order valence-corrected chi connectivity index (χ2v) is 6.11. The summed E-state index contributed by atoms with van der Waals surface area (Å²) in [5, 5.41) is 14.5. The van der Waals surface area contributed by atoms with Crippen molar-refractivity contribution in [2.45, 2.75) is 50.4 Å². The zero-order chi connectivity index (χ0) is 14.1. The van der Waals surface area contributed by atoms with E-state index >= 15 is 0 Å². The van der Waals surface area contributed by atoms with Gasteiger partial charge in [0.2, 0.25) is 0 Å². The first-order valence-corrected chi connectivity index (χ1v) is 7.31. The molecule has 0 radical (unpaired) electrons. The Morgan fingerprint density at radius 2 is 2.05 bits per heavy atom. The normalized spacial score (nSPS) is 28.8. The Morgan fingerprint density at radius 3 is 2.70 bits per heavy atom. The molecule has 1 aromatic carbocycles. The van der Waals surface area contributed by atoms with Crippen molar-refractivity contribution < 1.29 is 4.92 Å². The van der Waals surface area contributed by atoms with E-state index < -0.39 is 0 Å². The van der Waals surface area contributed by atoms with Crippen LogP contribution in [-0.2, 0) is 6.54 Å². The maximum absolute atomic E-state index is 10.8. The molecule has 0 amide bonds. The van der Waals surface area contributed by atoms with Gasteiger partial charge < -0.3 is 5.32 Å². The van der Waals surface area contributed by atoms with Crippen molar-refractivity contribution in [3.63, 3.8) is 0 Å². The number of nitrogens with zero attached hydrogens (tertiary/aromatic N) is 2. The number of piperidine rings is 1. The summed E-state index contributed by atoms with van der Waals surface area (Å²) in [6.45, 7) is 0.784. The zero-order valence-electron chi connectivity index (χ0n) is 11.8.